The van der Waals surface area contributed by atoms with Crippen molar-refractivity contribution >= 4 is 52.8 Å². The van der Waals surface area contributed by atoms with Gasteiger partial charge in [-0.15, -0.1) is 0 Å². The number of nitriles is 1. The molecule has 1 atom stereocenters. The van der Waals surface area contributed by atoms with Crippen molar-refractivity contribution in [3.63, 3.8) is 0 Å². The number of hydrogen-bond donors (Lipinski definition) is 1. The average molecular weight is 524 g/mol. The summed E-state index contributed by atoms with van der Waals surface area (Å²) in [7, 11) is 1.25. The first-order valence-electron chi connectivity index (χ1n) is 11.0. The number of ether oxygens (including phenoxy) is 1. The van der Waals surface area contributed by atoms with Gasteiger partial charge in [0.05, 0.1) is 35.2 Å². The van der Waals surface area contributed by atoms with Gasteiger partial charge >= 0.3 is 5.97 Å². The lowest BCUT2D eigenvalue weighted by atomic mass is 10.1. The normalized spacial score (nSPS) is 11.5. The quantitative estimate of drug-likeness (QED) is 0.363. The van der Waals surface area contributed by atoms with Crippen LogP contribution in [0.5, 0.6) is 0 Å². The summed E-state index contributed by atoms with van der Waals surface area (Å²) < 4.78 is 4.83. The summed E-state index contributed by atoms with van der Waals surface area (Å²) in [4.78, 5) is 35.4. The zero-order valence-corrected chi connectivity index (χ0v) is 20.9. The fourth-order valence-electron chi connectivity index (χ4n) is 3.34. The minimum Gasteiger partial charge on any atom is -0.467 e. The predicted molar refractivity (Wildman–Crippen MR) is 139 cm³/mol. The van der Waals surface area contributed by atoms with Gasteiger partial charge in [0.15, 0.2) is 0 Å². The van der Waals surface area contributed by atoms with E-state index in [4.69, 9.17) is 33.2 Å². The number of esters is 1. The highest BCUT2D eigenvalue weighted by Crippen LogP contribution is 2.25. The van der Waals surface area contributed by atoms with Crippen molar-refractivity contribution in [2.24, 2.45) is 0 Å². The van der Waals surface area contributed by atoms with Crippen LogP contribution in [0.1, 0.15) is 28.8 Å². The van der Waals surface area contributed by atoms with Crippen LogP contribution < -0.4 is 10.2 Å². The molecule has 0 radical (unpaired) electrons. The minimum atomic E-state index is -0.929. The molecule has 1 heterocycles. The second-order valence-corrected chi connectivity index (χ2v) is 8.30. The van der Waals surface area contributed by atoms with Crippen molar-refractivity contribution in [1.82, 2.24) is 15.3 Å². The van der Waals surface area contributed by atoms with E-state index in [2.05, 4.69) is 21.4 Å². The number of hydrogen-bond acceptors (Lipinski definition) is 7. The molecule has 0 saturated carbocycles. The highest BCUT2D eigenvalue weighted by molar-refractivity contribution is 6.39. The Morgan fingerprint density at radius 1 is 1.11 bits per heavy atom. The largest absolute Gasteiger partial charge is 0.467 e. The summed E-state index contributed by atoms with van der Waals surface area (Å²) in [6.45, 7) is 0.450. The van der Waals surface area contributed by atoms with Crippen molar-refractivity contribution in [3.8, 4) is 6.07 Å². The molecule has 8 nitrogen and oxygen atoms in total. The van der Waals surface area contributed by atoms with Gasteiger partial charge in [0.2, 0.25) is 5.95 Å². The Morgan fingerprint density at radius 2 is 1.78 bits per heavy atom. The van der Waals surface area contributed by atoms with Crippen molar-refractivity contribution in [1.29, 1.82) is 5.26 Å². The van der Waals surface area contributed by atoms with E-state index in [-0.39, 0.29) is 22.0 Å². The summed E-state index contributed by atoms with van der Waals surface area (Å²) in [5, 5.41) is 12.0. The van der Waals surface area contributed by atoms with E-state index in [0.717, 1.165) is 11.3 Å². The molecular weight excluding hydrogens is 501 g/mol. The van der Waals surface area contributed by atoms with Gasteiger partial charge in [-0.2, -0.15) is 5.26 Å². The van der Waals surface area contributed by atoms with Gasteiger partial charge in [-0.25, -0.2) is 14.8 Å². The number of amides is 1. The van der Waals surface area contributed by atoms with Crippen molar-refractivity contribution in [3.05, 3.63) is 88.2 Å². The van der Waals surface area contributed by atoms with Gasteiger partial charge in [0.25, 0.3) is 5.91 Å². The summed E-state index contributed by atoms with van der Waals surface area (Å²) in [5.41, 5.74) is 1.81. The van der Waals surface area contributed by atoms with Gasteiger partial charge in [-0.1, -0.05) is 53.6 Å². The third kappa shape index (κ3) is 7.04. The molecule has 10 heteroatoms. The first kappa shape index (κ1) is 26.7. The van der Waals surface area contributed by atoms with E-state index in [1.165, 1.54) is 7.11 Å². The van der Waals surface area contributed by atoms with Crippen molar-refractivity contribution in [2.75, 3.05) is 18.6 Å². The molecule has 3 aromatic rings. The fraction of sp³-hybridized carbons (Fsp3) is 0.192. The minimum absolute atomic E-state index is 0.0950. The molecule has 1 N–H and O–H groups in total. The first-order valence-corrected chi connectivity index (χ1v) is 11.7. The number of aromatic nitrogens is 2. The Bertz CT molecular complexity index is 1240. The predicted octanol–water partition coefficient (Wildman–Crippen LogP) is 5.21. The van der Waals surface area contributed by atoms with Gasteiger partial charge < -0.3 is 15.0 Å². The van der Waals surface area contributed by atoms with Crippen LogP contribution in [-0.4, -0.2) is 41.5 Å². The Balaban J connectivity index is 1.70. The van der Waals surface area contributed by atoms with Gasteiger partial charge in [0, 0.05) is 24.6 Å². The molecule has 0 aliphatic carbocycles. The number of carbonyl (C=O) groups excluding carboxylic acids is 2. The Kier molecular flexibility index (Phi) is 9.81. The highest BCUT2D eigenvalue weighted by atomic mass is 35.5. The van der Waals surface area contributed by atoms with Crippen LogP contribution in [0.4, 0.5) is 11.6 Å². The van der Waals surface area contributed by atoms with Gasteiger partial charge in [0.1, 0.15) is 6.04 Å². The van der Waals surface area contributed by atoms with Crippen LogP contribution in [0.15, 0.2) is 67.0 Å². The smallest absolute Gasteiger partial charge is 0.328 e. The third-order valence-electron chi connectivity index (χ3n) is 5.11. The lowest BCUT2D eigenvalue weighted by molar-refractivity contribution is -0.142. The number of carbonyl (C=O) groups is 2. The maximum atomic E-state index is 12.7. The summed E-state index contributed by atoms with van der Waals surface area (Å²) in [6, 6.07) is 15.2. The maximum Gasteiger partial charge on any atom is 0.328 e. The van der Waals surface area contributed by atoms with E-state index in [9.17, 15) is 9.59 Å². The highest BCUT2D eigenvalue weighted by Gasteiger charge is 2.23. The number of rotatable bonds is 10. The van der Waals surface area contributed by atoms with Crippen LogP contribution in [0, 0.1) is 11.3 Å². The van der Waals surface area contributed by atoms with Crippen LogP contribution in [0.2, 0.25) is 10.0 Å². The topological polar surface area (TPSA) is 108 Å². The first-order chi connectivity index (χ1) is 17.4. The van der Waals surface area contributed by atoms with Gasteiger partial charge in [-0.3, -0.25) is 4.79 Å². The third-order valence-corrected chi connectivity index (χ3v) is 5.74. The zero-order valence-electron chi connectivity index (χ0n) is 19.4. The number of halogens is 2. The second kappa shape index (κ2) is 13.2. The number of methoxy groups -OCH3 is 1. The zero-order chi connectivity index (χ0) is 25.9. The number of anilines is 2. The molecule has 0 fully saturated rings. The van der Waals surface area contributed by atoms with Crippen LogP contribution in [-0.2, 0) is 9.53 Å². The lowest BCUT2D eigenvalue weighted by Crippen LogP contribution is -2.41. The second-order valence-electron chi connectivity index (χ2n) is 7.48. The number of nitrogens with one attached hydrogen (secondary N) is 1. The van der Waals surface area contributed by atoms with Crippen LogP contribution in [0.3, 0.4) is 0 Å². The molecule has 3 rings (SSSR count). The number of benzene rings is 2. The molecule has 1 unspecified atom stereocenters. The van der Waals surface area contributed by atoms with Crippen molar-refractivity contribution < 1.29 is 14.3 Å². The molecule has 0 spiro atoms. The summed E-state index contributed by atoms with van der Waals surface area (Å²) >= 11 is 12.2. The SMILES string of the molecule is COC(=O)C(CC=Cc1ccc(N(CCC#N)c2ncccn2)cc1)NC(=O)c1c(Cl)cccc1Cl. The maximum absolute atomic E-state index is 12.7. The van der Waals surface area contributed by atoms with E-state index in [1.807, 2.05) is 35.2 Å². The van der Waals surface area contributed by atoms with Crippen LogP contribution >= 0.6 is 23.2 Å². The van der Waals surface area contributed by atoms with Gasteiger partial charge in [-0.05, 0) is 42.3 Å². The van der Waals surface area contributed by atoms with E-state index >= 15 is 0 Å². The molecule has 1 amide bonds. The molecule has 0 aliphatic heterocycles. The monoisotopic (exact) mass is 523 g/mol. The lowest BCUT2D eigenvalue weighted by Gasteiger charge is -2.21. The molecule has 184 valence electrons. The Labute approximate surface area is 219 Å². The molecule has 2 aromatic carbocycles. The Morgan fingerprint density at radius 3 is 2.39 bits per heavy atom. The molecule has 0 saturated heterocycles. The summed E-state index contributed by atoms with van der Waals surface area (Å²) in [6.07, 6.45) is 7.39. The summed E-state index contributed by atoms with van der Waals surface area (Å²) in [5.74, 6) is -0.659. The average Bonchev–Trinajstić information content (AvgIpc) is 2.89. The molecular formula is C26H23Cl2N5O3. The molecule has 36 heavy (non-hydrogen) atoms. The van der Waals surface area contributed by atoms with E-state index in [0.29, 0.717) is 18.9 Å². The number of nitrogens with zero attached hydrogens (tertiary/aromatic N) is 4. The van der Waals surface area contributed by atoms with Crippen LogP contribution in [0.25, 0.3) is 6.08 Å². The fourth-order valence-corrected chi connectivity index (χ4v) is 3.91. The Hall–Kier alpha value is -3.93. The molecule has 1 aromatic heterocycles. The molecule has 0 aliphatic rings. The molecule has 0 bridgehead atoms. The van der Waals surface area contributed by atoms with E-state index in [1.54, 1.807) is 42.7 Å². The van der Waals surface area contributed by atoms with E-state index < -0.39 is 17.9 Å². The van der Waals surface area contributed by atoms with Crippen molar-refractivity contribution in [2.45, 2.75) is 18.9 Å². The standard InChI is InChI=1S/C26H23Cl2N5O3/c1-36-25(35)22(32-24(34)23-20(27)7-3-8-21(23)28)9-2-6-18-10-12-19(13-11-18)33(17-4-14-29)26-30-15-5-16-31-26/h2-3,5-8,10-13,15-16,22H,4,9,17H2,1H3,(H,32,34).